The lowest BCUT2D eigenvalue weighted by atomic mass is 10.2. The van der Waals surface area contributed by atoms with E-state index in [0.717, 1.165) is 16.9 Å². The van der Waals surface area contributed by atoms with Crippen LogP contribution in [0, 0.1) is 6.92 Å². The molecule has 2 nitrogen and oxygen atoms in total. The molecule has 0 saturated heterocycles. The zero-order chi connectivity index (χ0) is 10.7. The van der Waals surface area contributed by atoms with E-state index in [0.29, 0.717) is 11.1 Å². The topological polar surface area (TPSA) is 38.9 Å². The van der Waals surface area contributed by atoms with Gasteiger partial charge in [0.25, 0.3) is 0 Å². The molecule has 1 aromatic rings. The van der Waals surface area contributed by atoms with Gasteiger partial charge in [0.15, 0.2) is 0 Å². The minimum Gasteiger partial charge on any atom is -0.398 e. The van der Waals surface area contributed by atoms with E-state index in [1.165, 1.54) is 12.8 Å². The molecule has 0 bridgehead atoms. The normalized spacial score (nSPS) is 14.6. The fourth-order valence-electron chi connectivity index (χ4n) is 1.20. The summed E-state index contributed by atoms with van der Waals surface area (Å²) in [6.45, 7) is 5.89. The van der Waals surface area contributed by atoms with Crippen LogP contribution in [-0.2, 0) is 0 Å². The van der Waals surface area contributed by atoms with E-state index in [4.69, 9.17) is 17.3 Å². The number of nitrogens with zero attached hydrogens (tertiary/aromatic N) is 1. The lowest BCUT2D eigenvalue weighted by molar-refractivity contribution is 1.02. The Morgan fingerprint density at radius 1 is 1.43 bits per heavy atom. The highest BCUT2D eigenvalue weighted by Gasteiger charge is 2.25. The lowest BCUT2D eigenvalue weighted by Gasteiger charge is -2.04. The average Bonchev–Trinajstić information content (AvgIpc) is 3.00. The number of pyridine rings is 1. The molecule has 0 amide bonds. The molecular weight excluding hydrogens is 196 g/mol. The molecule has 2 N–H and O–H groups in total. The Morgan fingerprint density at radius 2 is 2.00 bits per heavy atom. The predicted molar refractivity (Wildman–Crippen MR) is 61.7 cm³/mol. The van der Waals surface area contributed by atoms with Crippen molar-refractivity contribution in [2.75, 3.05) is 5.73 Å². The number of anilines is 1. The first-order valence-corrected chi connectivity index (χ1v) is 5.49. The third-order valence-corrected chi connectivity index (χ3v) is 2.64. The highest BCUT2D eigenvalue weighted by atomic mass is 35.5. The van der Waals surface area contributed by atoms with Gasteiger partial charge in [-0.05, 0) is 25.8 Å². The van der Waals surface area contributed by atoms with E-state index in [-0.39, 0.29) is 0 Å². The maximum Gasteiger partial charge on any atom is 0.134 e. The highest BCUT2D eigenvalue weighted by molar-refractivity contribution is 6.30. The van der Waals surface area contributed by atoms with Crippen molar-refractivity contribution in [3.8, 4) is 0 Å². The predicted octanol–water partition coefficient (Wildman–Crippen LogP) is 3.53. The summed E-state index contributed by atoms with van der Waals surface area (Å²) in [4.78, 5) is 4.28. The van der Waals surface area contributed by atoms with Gasteiger partial charge in [-0.3, -0.25) is 0 Å². The summed E-state index contributed by atoms with van der Waals surface area (Å²) >= 11 is 5.90. The van der Waals surface area contributed by atoms with Crippen molar-refractivity contribution >= 4 is 17.3 Å². The number of halogens is 1. The fraction of sp³-hybridized carbons (Fsp3) is 0.545. The van der Waals surface area contributed by atoms with Gasteiger partial charge in [-0.15, -0.1) is 0 Å². The van der Waals surface area contributed by atoms with E-state index in [1.54, 1.807) is 0 Å². The molecule has 78 valence electrons. The largest absolute Gasteiger partial charge is 0.398 e. The Kier molecular flexibility index (Phi) is 3.76. The number of nitrogens with two attached hydrogens (primary N) is 1. The molecule has 1 heterocycles. The zero-order valence-electron chi connectivity index (χ0n) is 8.97. The van der Waals surface area contributed by atoms with Crippen molar-refractivity contribution in [2.45, 2.75) is 39.5 Å². The smallest absolute Gasteiger partial charge is 0.134 e. The van der Waals surface area contributed by atoms with Gasteiger partial charge in [0.2, 0.25) is 0 Å². The van der Waals surface area contributed by atoms with Crippen molar-refractivity contribution in [1.82, 2.24) is 4.98 Å². The third kappa shape index (κ3) is 2.38. The molecule has 0 aromatic carbocycles. The molecule has 0 atom stereocenters. The maximum absolute atomic E-state index is 5.90. The molecule has 0 aliphatic heterocycles. The Balaban J connectivity index is 0.000000461. The molecule has 3 heteroatoms. The summed E-state index contributed by atoms with van der Waals surface area (Å²) in [7, 11) is 0. The summed E-state index contributed by atoms with van der Waals surface area (Å²) in [5.74, 6) is 0.616. The summed E-state index contributed by atoms with van der Waals surface area (Å²) < 4.78 is 0. The van der Waals surface area contributed by atoms with Gasteiger partial charge in [-0.25, -0.2) is 4.98 Å². The first-order chi connectivity index (χ1) is 6.68. The SMILES string of the molecule is CC.Cc1c(N)cc(C2CC2)nc1Cl. The van der Waals surface area contributed by atoms with Crippen LogP contribution in [0.15, 0.2) is 6.07 Å². The van der Waals surface area contributed by atoms with Crippen LogP contribution in [0.3, 0.4) is 0 Å². The summed E-state index contributed by atoms with van der Waals surface area (Å²) in [5.41, 5.74) is 8.47. The van der Waals surface area contributed by atoms with Crippen LogP contribution in [0.4, 0.5) is 5.69 Å². The van der Waals surface area contributed by atoms with E-state index in [9.17, 15) is 0 Å². The average molecular weight is 213 g/mol. The van der Waals surface area contributed by atoms with E-state index < -0.39 is 0 Å². The lowest BCUT2D eigenvalue weighted by Crippen LogP contribution is -1.96. The Bertz CT molecular complexity index is 296. The van der Waals surface area contributed by atoms with Gasteiger partial charge in [-0.2, -0.15) is 0 Å². The first kappa shape index (κ1) is 11.3. The highest BCUT2D eigenvalue weighted by Crippen LogP contribution is 2.40. The van der Waals surface area contributed by atoms with E-state index >= 15 is 0 Å². The molecule has 1 aliphatic carbocycles. The Hall–Kier alpha value is -0.760. The summed E-state index contributed by atoms with van der Waals surface area (Å²) in [5, 5.41) is 0.553. The number of aromatic nitrogens is 1. The molecule has 1 aromatic heterocycles. The molecule has 0 radical (unpaired) electrons. The Labute approximate surface area is 90.5 Å². The standard InChI is InChI=1S/C9H11ClN2.C2H6/c1-5-7(11)4-8(6-2-3-6)12-9(5)10;1-2/h4,6H,2-3H2,1H3,(H2,11,12);1-2H3. The van der Waals surface area contributed by atoms with Crippen LogP contribution in [0.25, 0.3) is 0 Å². The van der Waals surface area contributed by atoms with Crippen molar-refractivity contribution in [3.05, 3.63) is 22.5 Å². The van der Waals surface area contributed by atoms with Crippen molar-refractivity contribution in [2.24, 2.45) is 0 Å². The molecule has 1 fully saturated rings. The Morgan fingerprint density at radius 3 is 2.43 bits per heavy atom. The second-order valence-electron chi connectivity index (χ2n) is 3.33. The minimum absolute atomic E-state index is 0.553. The first-order valence-electron chi connectivity index (χ1n) is 5.11. The summed E-state index contributed by atoms with van der Waals surface area (Å²) in [6, 6.07) is 1.94. The molecule has 0 spiro atoms. The molecule has 1 aliphatic rings. The summed E-state index contributed by atoms with van der Waals surface area (Å²) in [6.07, 6.45) is 2.46. The van der Waals surface area contributed by atoms with Crippen molar-refractivity contribution in [1.29, 1.82) is 0 Å². The van der Waals surface area contributed by atoms with Crippen LogP contribution < -0.4 is 5.73 Å². The van der Waals surface area contributed by atoms with Gasteiger partial charge in [-0.1, -0.05) is 25.4 Å². The maximum atomic E-state index is 5.90. The van der Waals surface area contributed by atoms with Crippen LogP contribution in [0.1, 0.15) is 43.9 Å². The van der Waals surface area contributed by atoms with Gasteiger partial charge < -0.3 is 5.73 Å². The monoisotopic (exact) mass is 212 g/mol. The number of hydrogen-bond donors (Lipinski definition) is 1. The second kappa shape index (κ2) is 4.65. The number of nitrogen functional groups attached to an aromatic ring is 1. The van der Waals surface area contributed by atoms with Crippen LogP contribution in [0.2, 0.25) is 5.15 Å². The minimum atomic E-state index is 0.553. The quantitative estimate of drug-likeness (QED) is 0.724. The molecule has 14 heavy (non-hydrogen) atoms. The van der Waals surface area contributed by atoms with Crippen molar-refractivity contribution in [3.63, 3.8) is 0 Å². The number of rotatable bonds is 1. The van der Waals surface area contributed by atoms with Crippen LogP contribution >= 0.6 is 11.6 Å². The fourth-order valence-corrected chi connectivity index (χ4v) is 1.41. The third-order valence-electron chi connectivity index (χ3n) is 2.27. The molecule has 2 rings (SSSR count). The van der Waals surface area contributed by atoms with Gasteiger partial charge in [0, 0.05) is 22.9 Å². The number of hydrogen-bond acceptors (Lipinski definition) is 2. The molecule has 0 unspecified atom stereocenters. The second-order valence-corrected chi connectivity index (χ2v) is 3.68. The molecular formula is C11H17ClN2. The molecule has 1 saturated carbocycles. The van der Waals surface area contributed by atoms with E-state index in [1.807, 2.05) is 26.8 Å². The van der Waals surface area contributed by atoms with Gasteiger partial charge in [0.05, 0.1) is 0 Å². The van der Waals surface area contributed by atoms with Gasteiger partial charge >= 0.3 is 0 Å². The van der Waals surface area contributed by atoms with E-state index in [2.05, 4.69) is 4.98 Å². The van der Waals surface area contributed by atoms with Crippen LogP contribution in [-0.4, -0.2) is 4.98 Å². The van der Waals surface area contributed by atoms with Gasteiger partial charge in [0.1, 0.15) is 5.15 Å². The van der Waals surface area contributed by atoms with Crippen molar-refractivity contribution < 1.29 is 0 Å². The van der Waals surface area contributed by atoms with Crippen LogP contribution in [0.5, 0.6) is 0 Å². The zero-order valence-corrected chi connectivity index (χ0v) is 9.73.